The third-order valence-corrected chi connectivity index (χ3v) is 1.98. The third-order valence-electron chi connectivity index (χ3n) is 1.98. The highest BCUT2D eigenvalue weighted by Gasteiger charge is 1.57. The van der Waals surface area contributed by atoms with E-state index in [9.17, 15) is 0 Å². The Morgan fingerprint density at radius 2 is 0.500 bits per heavy atom. The maximum absolute atomic E-state index is 7.00. The predicted octanol–water partition coefficient (Wildman–Crippen LogP) is 3.67. The Balaban J connectivity index is 0.000000258. The van der Waals surface area contributed by atoms with E-state index in [1.54, 1.807) is 0 Å². The number of aromatic nitrogens is 4. The lowest BCUT2D eigenvalue weighted by molar-refractivity contribution is 0.399. The van der Waals surface area contributed by atoms with Gasteiger partial charge in [0.25, 0.3) is 0 Å². The summed E-state index contributed by atoms with van der Waals surface area (Å²) in [7, 11) is 1.00. The van der Waals surface area contributed by atoms with Crippen molar-refractivity contribution in [3.8, 4) is 0 Å². The quantitative estimate of drug-likeness (QED) is 0.337. The van der Waals surface area contributed by atoms with Crippen LogP contribution in [-0.2, 0) is 0 Å². The van der Waals surface area contributed by atoms with Gasteiger partial charge >= 0.3 is 0 Å². The molecule has 0 radical (unpaired) electrons. The number of nitrogens with one attached hydrogen (secondary N) is 4. The molecule has 0 saturated carbocycles. The second kappa shape index (κ2) is 18.1. The van der Waals surface area contributed by atoms with Gasteiger partial charge in [0, 0.05) is 56.7 Å². The highest BCUT2D eigenvalue weighted by atomic mass is 16.2. The predicted molar refractivity (Wildman–Crippen MR) is 91.3 cm³/mol. The van der Waals surface area contributed by atoms with E-state index in [4.69, 9.17) is 5.11 Å². The van der Waals surface area contributed by atoms with Crippen molar-refractivity contribution in [1.82, 2.24) is 19.9 Å². The standard InChI is InChI=1S/4C4H5N.CH4O/c4*1-2-4-5-3-1;1-2/h4*1-5H;2H,1H3. The summed E-state index contributed by atoms with van der Waals surface area (Å²) in [5.41, 5.74) is 0. The van der Waals surface area contributed by atoms with Crippen LogP contribution in [0.5, 0.6) is 0 Å². The van der Waals surface area contributed by atoms with Crippen LogP contribution in [0.4, 0.5) is 0 Å². The van der Waals surface area contributed by atoms with Crippen molar-refractivity contribution in [1.29, 1.82) is 0 Å². The summed E-state index contributed by atoms with van der Waals surface area (Å²) in [4.78, 5) is 11.4. The van der Waals surface area contributed by atoms with E-state index < -0.39 is 0 Å². The topological polar surface area (TPSA) is 83.4 Å². The van der Waals surface area contributed by atoms with Crippen molar-refractivity contribution >= 4 is 0 Å². The minimum absolute atomic E-state index is 1.00. The van der Waals surface area contributed by atoms with Crippen LogP contribution in [0.25, 0.3) is 0 Å². The molecule has 0 aliphatic carbocycles. The number of aliphatic hydroxyl groups is 1. The Labute approximate surface area is 131 Å². The molecule has 5 nitrogen and oxygen atoms in total. The summed E-state index contributed by atoms with van der Waals surface area (Å²) < 4.78 is 0. The first-order valence-electron chi connectivity index (χ1n) is 6.76. The van der Waals surface area contributed by atoms with Crippen LogP contribution < -0.4 is 0 Å². The second-order valence-electron chi connectivity index (χ2n) is 3.54. The molecule has 4 heterocycles. The molecule has 5 heteroatoms. The molecule has 0 unspecified atom stereocenters. The molecular formula is C17H24N4O. The first-order valence-corrected chi connectivity index (χ1v) is 6.76. The van der Waals surface area contributed by atoms with Gasteiger partial charge in [-0.15, -0.1) is 0 Å². The highest BCUT2D eigenvalue weighted by Crippen LogP contribution is 1.73. The minimum Gasteiger partial charge on any atom is -0.400 e. The van der Waals surface area contributed by atoms with Crippen LogP contribution in [0.15, 0.2) is 98.1 Å². The molecule has 22 heavy (non-hydrogen) atoms. The van der Waals surface area contributed by atoms with Crippen LogP contribution >= 0.6 is 0 Å². The molecule has 0 aliphatic heterocycles. The van der Waals surface area contributed by atoms with E-state index in [0.29, 0.717) is 0 Å². The van der Waals surface area contributed by atoms with E-state index in [0.717, 1.165) is 7.11 Å². The van der Waals surface area contributed by atoms with Crippen molar-refractivity contribution in [2.75, 3.05) is 7.11 Å². The van der Waals surface area contributed by atoms with Gasteiger partial charge in [0.2, 0.25) is 0 Å². The van der Waals surface area contributed by atoms with Crippen molar-refractivity contribution in [2.45, 2.75) is 0 Å². The number of hydrogen-bond donors (Lipinski definition) is 5. The lowest BCUT2D eigenvalue weighted by Gasteiger charge is -1.49. The highest BCUT2D eigenvalue weighted by molar-refractivity contribution is 4.86. The smallest absolute Gasteiger partial charge is 0.0319 e. The molecule has 0 amide bonds. The van der Waals surface area contributed by atoms with Crippen molar-refractivity contribution in [2.24, 2.45) is 0 Å². The number of aromatic amines is 4. The van der Waals surface area contributed by atoms with Crippen molar-refractivity contribution in [3.05, 3.63) is 98.1 Å². The lowest BCUT2D eigenvalue weighted by atomic mass is 10.7. The molecule has 0 spiro atoms. The van der Waals surface area contributed by atoms with Crippen LogP contribution in [0, 0.1) is 0 Å². The molecule has 0 atom stereocenters. The summed E-state index contributed by atoms with van der Waals surface area (Å²) in [6.07, 6.45) is 15.0. The number of aliphatic hydroxyl groups excluding tert-OH is 1. The monoisotopic (exact) mass is 300 g/mol. The SMILES string of the molecule is CO.c1cc[nH]c1.c1cc[nH]c1.c1cc[nH]c1.c1cc[nH]c1. The number of rotatable bonds is 0. The van der Waals surface area contributed by atoms with Crippen LogP contribution in [0.3, 0.4) is 0 Å². The normalized spacial score (nSPS) is 7.55. The molecule has 4 rings (SSSR count). The summed E-state index contributed by atoms with van der Waals surface area (Å²) in [6.45, 7) is 0. The molecule has 4 aromatic rings. The Morgan fingerprint density at radius 3 is 0.545 bits per heavy atom. The van der Waals surface area contributed by atoms with E-state index >= 15 is 0 Å². The van der Waals surface area contributed by atoms with Gasteiger partial charge in [0.05, 0.1) is 0 Å². The zero-order valence-corrected chi connectivity index (χ0v) is 12.7. The molecule has 118 valence electrons. The molecule has 4 aromatic heterocycles. The van der Waals surface area contributed by atoms with Gasteiger partial charge in [0.15, 0.2) is 0 Å². The van der Waals surface area contributed by atoms with Gasteiger partial charge in [-0.1, -0.05) is 0 Å². The molecule has 0 bridgehead atoms. The fourth-order valence-electron chi connectivity index (χ4n) is 1.11. The maximum atomic E-state index is 7.00. The largest absolute Gasteiger partial charge is 0.400 e. The third kappa shape index (κ3) is 15.1. The molecule has 0 fully saturated rings. The fraction of sp³-hybridized carbons (Fsp3) is 0.0588. The van der Waals surface area contributed by atoms with E-state index in [1.165, 1.54) is 0 Å². The summed E-state index contributed by atoms with van der Waals surface area (Å²) in [5, 5.41) is 7.00. The average Bonchev–Trinajstić information content (AvgIpc) is 3.46. The summed E-state index contributed by atoms with van der Waals surface area (Å²) in [6, 6.07) is 15.6. The number of hydrogen-bond acceptors (Lipinski definition) is 1. The fourth-order valence-corrected chi connectivity index (χ4v) is 1.11. The van der Waals surface area contributed by atoms with Crippen molar-refractivity contribution in [3.63, 3.8) is 0 Å². The van der Waals surface area contributed by atoms with Crippen LogP contribution in [-0.4, -0.2) is 32.2 Å². The Hall–Kier alpha value is -2.92. The second-order valence-corrected chi connectivity index (χ2v) is 3.54. The zero-order chi connectivity index (χ0) is 16.1. The Bertz CT molecular complexity index is 352. The lowest BCUT2D eigenvalue weighted by Crippen LogP contribution is -1.38. The van der Waals surface area contributed by atoms with Crippen LogP contribution in [0.1, 0.15) is 0 Å². The Kier molecular flexibility index (Phi) is 15.7. The first-order chi connectivity index (χ1) is 11.0. The summed E-state index contributed by atoms with van der Waals surface area (Å²) in [5.74, 6) is 0. The maximum Gasteiger partial charge on any atom is 0.0319 e. The molecule has 0 aliphatic rings. The van der Waals surface area contributed by atoms with Crippen molar-refractivity contribution < 1.29 is 5.11 Å². The van der Waals surface area contributed by atoms with Gasteiger partial charge < -0.3 is 25.0 Å². The molecular weight excluding hydrogens is 276 g/mol. The first kappa shape index (κ1) is 19.1. The van der Waals surface area contributed by atoms with Gasteiger partial charge in [-0.05, 0) is 48.5 Å². The summed E-state index contributed by atoms with van der Waals surface area (Å²) >= 11 is 0. The van der Waals surface area contributed by atoms with E-state index in [2.05, 4.69) is 19.9 Å². The van der Waals surface area contributed by atoms with E-state index in [1.807, 2.05) is 98.1 Å². The molecule has 0 aromatic carbocycles. The molecule has 5 N–H and O–H groups in total. The Morgan fingerprint density at radius 1 is 0.364 bits per heavy atom. The minimum atomic E-state index is 1.00. The zero-order valence-electron chi connectivity index (χ0n) is 12.7. The van der Waals surface area contributed by atoms with Gasteiger partial charge in [-0.2, -0.15) is 0 Å². The van der Waals surface area contributed by atoms with E-state index in [-0.39, 0.29) is 0 Å². The number of H-pyrrole nitrogens is 4. The van der Waals surface area contributed by atoms with Gasteiger partial charge in [-0.25, -0.2) is 0 Å². The molecule has 0 saturated heterocycles. The van der Waals surface area contributed by atoms with Crippen LogP contribution in [0.2, 0.25) is 0 Å². The average molecular weight is 300 g/mol. The van der Waals surface area contributed by atoms with Gasteiger partial charge in [-0.3, -0.25) is 0 Å². The van der Waals surface area contributed by atoms with Gasteiger partial charge in [0.1, 0.15) is 0 Å².